The Bertz CT molecular complexity index is 575. The maximum Gasteiger partial charge on any atom is 0.238 e. The first-order chi connectivity index (χ1) is 8.16. The van der Waals surface area contributed by atoms with E-state index in [1.807, 2.05) is 0 Å². The number of halogens is 1. The van der Waals surface area contributed by atoms with Crippen LogP contribution in [0.1, 0.15) is 5.76 Å². The van der Waals surface area contributed by atoms with Gasteiger partial charge in [-0.15, -0.1) is 0 Å². The van der Waals surface area contributed by atoms with Gasteiger partial charge in [-0.25, -0.2) is 4.39 Å². The zero-order valence-corrected chi connectivity index (χ0v) is 8.67. The fraction of sp³-hybridized carbons (Fsp3) is 0. The van der Waals surface area contributed by atoms with Gasteiger partial charge >= 0.3 is 0 Å². The molecule has 0 N–H and O–H groups in total. The average molecular weight is 233 g/mol. The van der Waals surface area contributed by atoms with Crippen LogP contribution in [-0.2, 0) is 0 Å². The van der Waals surface area contributed by atoms with Crippen molar-refractivity contribution in [2.45, 2.75) is 0 Å². The third-order valence-corrected chi connectivity index (χ3v) is 2.13. The number of benzene rings is 1. The van der Waals surface area contributed by atoms with Gasteiger partial charge in [-0.2, -0.15) is 0 Å². The van der Waals surface area contributed by atoms with Gasteiger partial charge in [0.15, 0.2) is 0 Å². The smallest absolute Gasteiger partial charge is 0.238 e. The Morgan fingerprint density at radius 3 is 2.71 bits per heavy atom. The first-order valence-electron chi connectivity index (χ1n) is 4.83. The van der Waals surface area contributed by atoms with E-state index < -0.39 is 10.7 Å². The lowest BCUT2D eigenvalue weighted by molar-refractivity contribution is -0.401. The Morgan fingerprint density at radius 2 is 2.00 bits per heavy atom. The van der Waals surface area contributed by atoms with E-state index in [0.717, 1.165) is 6.20 Å². The zero-order valence-electron chi connectivity index (χ0n) is 8.67. The Balaban J connectivity index is 2.30. The van der Waals surface area contributed by atoms with Gasteiger partial charge in [0, 0.05) is 0 Å². The molecule has 2 rings (SSSR count). The molecule has 0 unspecified atom stereocenters. The lowest BCUT2D eigenvalue weighted by atomic mass is 10.1. The van der Waals surface area contributed by atoms with Gasteiger partial charge < -0.3 is 4.42 Å². The summed E-state index contributed by atoms with van der Waals surface area (Å²) in [4.78, 5) is 9.53. The molecule has 0 aliphatic heterocycles. The second-order valence-corrected chi connectivity index (χ2v) is 3.28. The SMILES string of the molecule is O=[N+]([O-])/C=C/c1ccc(-c2ccccc2F)o1. The second kappa shape index (κ2) is 4.61. The van der Waals surface area contributed by atoms with E-state index in [9.17, 15) is 14.5 Å². The van der Waals surface area contributed by atoms with Crippen LogP contribution >= 0.6 is 0 Å². The van der Waals surface area contributed by atoms with Crippen molar-refractivity contribution in [1.29, 1.82) is 0 Å². The van der Waals surface area contributed by atoms with Crippen LogP contribution in [0.5, 0.6) is 0 Å². The molecule has 0 saturated heterocycles. The van der Waals surface area contributed by atoms with Gasteiger partial charge in [-0.05, 0) is 24.3 Å². The Labute approximate surface area is 96.1 Å². The summed E-state index contributed by atoms with van der Waals surface area (Å²) in [6, 6.07) is 9.28. The highest BCUT2D eigenvalue weighted by Crippen LogP contribution is 2.25. The summed E-state index contributed by atoms with van der Waals surface area (Å²) in [5, 5.41) is 10.1. The quantitative estimate of drug-likeness (QED) is 0.603. The highest BCUT2D eigenvalue weighted by atomic mass is 19.1. The molecule has 0 bridgehead atoms. The maximum atomic E-state index is 13.4. The molecule has 86 valence electrons. The summed E-state index contributed by atoms with van der Waals surface area (Å²) in [5.41, 5.74) is 0.327. The van der Waals surface area contributed by atoms with Crippen LogP contribution in [0.2, 0.25) is 0 Å². The zero-order chi connectivity index (χ0) is 12.3. The summed E-state index contributed by atoms with van der Waals surface area (Å²) < 4.78 is 18.7. The molecule has 4 nitrogen and oxygen atoms in total. The molecule has 0 saturated carbocycles. The third kappa shape index (κ3) is 2.57. The van der Waals surface area contributed by atoms with Crippen molar-refractivity contribution in [2.75, 3.05) is 0 Å². The molecule has 0 atom stereocenters. The van der Waals surface area contributed by atoms with Crippen molar-refractivity contribution >= 4 is 6.08 Å². The summed E-state index contributed by atoms with van der Waals surface area (Å²) in [7, 11) is 0. The lowest BCUT2D eigenvalue weighted by Crippen LogP contribution is -1.81. The van der Waals surface area contributed by atoms with E-state index in [2.05, 4.69) is 0 Å². The minimum absolute atomic E-state index is 0.306. The number of rotatable bonds is 3. The summed E-state index contributed by atoms with van der Waals surface area (Å²) >= 11 is 0. The van der Waals surface area contributed by atoms with Crippen LogP contribution in [-0.4, -0.2) is 4.92 Å². The maximum absolute atomic E-state index is 13.4. The largest absolute Gasteiger partial charge is 0.456 e. The van der Waals surface area contributed by atoms with Gasteiger partial charge in [-0.1, -0.05) is 12.1 Å². The minimum Gasteiger partial charge on any atom is -0.456 e. The Morgan fingerprint density at radius 1 is 1.24 bits per heavy atom. The number of nitrogens with zero attached hydrogens (tertiary/aromatic N) is 1. The highest BCUT2D eigenvalue weighted by Gasteiger charge is 2.08. The molecule has 0 radical (unpaired) electrons. The van der Waals surface area contributed by atoms with Crippen LogP contribution in [0.25, 0.3) is 17.4 Å². The van der Waals surface area contributed by atoms with Gasteiger partial charge in [0.25, 0.3) is 0 Å². The Kier molecular flexibility index (Phi) is 3.00. The lowest BCUT2D eigenvalue weighted by Gasteiger charge is -1.97. The van der Waals surface area contributed by atoms with Crippen LogP contribution in [0.4, 0.5) is 4.39 Å². The molecule has 0 aliphatic carbocycles. The first-order valence-corrected chi connectivity index (χ1v) is 4.83. The molecule has 1 aromatic heterocycles. The van der Waals surface area contributed by atoms with Gasteiger partial charge in [0.2, 0.25) is 6.20 Å². The van der Waals surface area contributed by atoms with E-state index >= 15 is 0 Å². The van der Waals surface area contributed by atoms with Crippen LogP contribution in [0.3, 0.4) is 0 Å². The fourth-order valence-electron chi connectivity index (χ4n) is 1.38. The van der Waals surface area contributed by atoms with Crippen LogP contribution < -0.4 is 0 Å². The second-order valence-electron chi connectivity index (χ2n) is 3.28. The number of hydrogen-bond acceptors (Lipinski definition) is 3. The molecule has 2 aromatic rings. The standard InChI is InChI=1S/C12H8FNO3/c13-11-4-2-1-3-10(11)12-6-5-9(17-12)7-8-14(15)16/h1-8H/b8-7+. The highest BCUT2D eigenvalue weighted by molar-refractivity contribution is 5.60. The average Bonchev–Trinajstić information content (AvgIpc) is 2.75. The van der Waals surface area contributed by atoms with Crippen LogP contribution in [0.15, 0.2) is 47.0 Å². The number of furan rings is 1. The van der Waals surface area contributed by atoms with Gasteiger partial charge in [-0.3, -0.25) is 10.1 Å². The third-order valence-electron chi connectivity index (χ3n) is 2.13. The van der Waals surface area contributed by atoms with Crippen LogP contribution in [0, 0.1) is 15.9 Å². The predicted molar refractivity (Wildman–Crippen MR) is 60.1 cm³/mol. The molecule has 1 heterocycles. The molecular weight excluding hydrogens is 225 g/mol. The van der Waals surface area contributed by atoms with E-state index in [0.29, 0.717) is 17.1 Å². The van der Waals surface area contributed by atoms with Crippen molar-refractivity contribution in [1.82, 2.24) is 0 Å². The van der Waals surface area contributed by atoms with Crippen molar-refractivity contribution in [3.63, 3.8) is 0 Å². The summed E-state index contributed by atoms with van der Waals surface area (Å²) in [6.07, 6.45) is 1.98. The molecule has 0 spiro atoms. The van der Waals surface area contributed by atoms with Gasteiger partial charge in [0.05, 0.1) is 16.6 Å². The van der Waals surface area contributed by atoms with Crippen molar-refractivity contribution in [3.8, 4) is 11.3 Å². The van der Waals surface area contributed by atoms with E-state index in [1.165, 1.54) is 12.1 Å². The molecule has 17 heavy (non-hydrogen) atoms. The minimum atomic E-state index is -0.592. The topological polar surface area (TPSA) is 56.3 Å². The fourth-order valence-corrected chi connectivity index (χ4v) is 1.38. The molecule has 1 aromatic carbocycles. The van der Waals surface area contributed by atoms with E-state index in [1.54, 1.807) is 30.3 Å². The molecule has 0 fully saturated rings. The first kappa shape index (κ1) is 11.1. The van der Waals surface area contributed by atoms with Crippen molar-refractivity contribution in [2.24, 2.45) is 0 Å². The van der Waals surface area contributed by atoms with E-state index in [4.69, 9.17) is 4.42 Å². The number of nitro groups is 1. The normalized spacial score (nSPS) is 10.9. The molecule has 5 heteroatoms. The monoisotopic (exact) mass is 233 g/mol. The molecule has 0 aliphatic rings. The number of hydrogen-bond donors (Lipinski definition) is 0. The summed E-state index contributed by atoms with van der Waals surface area (Å²) in [5.74, 6) is 0.248. The van der Waals surface area contributed by atoms with Gasteiger partial charge in [0.1, 0.15) is 17.3 Å². The van der Waals surface area contributed by atoms with Crippen molar-refractivity contribution in [3.05, 3.63) is 64.3 Å². The molecular formula is C12H8FNO3. The van der Waals surface area contributed by atoms with E-state index in [-0.39, 0.29) is 0 Å². The molecule has 0 amide bonds. The Hall–Kier alpha value is -2.43. The predicted octanol–water partition coefficient (Wildman–Crippen LogP) is 3.33. The summed E-state index contributed by atoms with van der Waals surface area (Å²) in [6.45, 7) is 0. The van der Waals surface area contributed by atoms with Crippen molar-refractivity contribution < 1.29 is 13.7 Å².